The van der Waals surface area contributed by atoms with Gasteiger partial charge in [-0.3, -0.25) is 0 Å². The Morgan fingerprint density at radius 2 is 1.68 bits per heavy atom. The molecule has 0 fully saturated rings. The molecule has 0 atom stereocenters. The number of hydrogen-bond donors (Lipinski definition) is 1. The highest BCUT2D eigenvalue weighted by Gasteiger charge is 2.73. The van der Waals surface area contributed by atoms with Crippen LogP contribution < -0.4 is 4.74 Å². The van der Waals surface area contributed by atoms with Crippen LogP contribution in [0.2, 0.25) is 0 Å². The number of nitrogens with zero attached hydrogens (tertiary/aromatic N) is 1. The van der Waals surface area contributed by atoms with Gasteiger partial charge in [-0.25, -0.2) is 4.98 Å². The van der Waals surface area contributed by atoms with Crippen molar-refractivity contribution in [1.82, 2.24) is 4.98 Å². The van der Waals surface area contributed by atoms with Gasteiger partial charge in [0, 0.05) is 18.7 Å². The second kappa shape index (κ2) is 9.84. The van der Waals surface area contributed by atoms with Gasteiger partial charge >= 0.3 is 12.4 Å². The predicted octanol–water partition coefficient (Wildman–Crippen LogP) is 5.26. The Bertz CT molecular complexity index is 855. The van der Waals surface area contributed by atoms with Gasteiger partial charge in [0.25, 0.3) is 5.60 Å². The van der Waals surface area contributed by atoms with Gasteiger partial charge in [0.1, 0.15) is 12.5 Å². The Labute approximate surface area is 174 Å². The number of methoxy groups -OCH3 is 1. The Balaban J connectivity index is 2.60. The van der Waals surface area contributed by atoms with E-state index in [4.69, 9.17) is 9.84 Å². The number of alkyl halides is 6. The van der Waals surface area contributed by atoms with Crippen LogP contribution in [0.1, 0.15) is 30.2 Å². The lowest BCUT2D eigenvalue weighted by atomic mass is 9.89. The molecule has 1 aromatic heterocycles. The van der Waals surface area contributed by atoms with Crippen LogP contribution in [0.5, 0.6) is 11.6 Å². The van der Waals surface area contributed by atoms with Crippen LogP contribution in [-0.2, 0) is 28.1 Å². The van der Waals surface area contributed by atoms with E-state index in [2.05, 4.69) is 14.5 Å². The quantitative estimate of drug-likeness (QED) is 0.415. The van der Waals surface area contributed by atoms with Crippen LogP contribution in [0.25, 0.3) is 0 Å². The molecule has 0 amide bonds. The summed E-state index contributed by atoms with van der Waals surface area (Å²) in [7, 11) is 0.921. The number of aryl methyl sites for hydroxylation is 1. The largest absolute Gasteiger partial charge is 0.439 e. The highest BCUT2D eigenvalue weighted by Crippen LogP contribution is 2.53. The zero-order chi connectivity index (χ0) is 23.3. The lowest BCUT2D eigenvalue weighted by Crippen LogP contribution is -2.56. The Morgan fingerprint density at radius 1 is 1.00 bits per heavy atom. The van der Waals surface area contributed by atoms with Gasteiger partial charge in [-0.15, -0.1) is 0 Å². The normalized spacial score (nSPS) is 12.8. The fourth-order valence-electron chi connectivity index (χ4n) is 2.96. The molecule has 5 nitrogen and oxygen atoms in total. The van der Waals surface area contributed by atoms with Crippen LogP contribution in [-0.4, -0.2) is 36.3 Å². The first-order valence-corrected chi connectivity index (χ1v) is 9.14. The Hall–Kier alpha value is -2.37. The third kappa shape index (κ3) is 5.28. The number of benzene rings is 1. The van der Waals surface area contributed by atoms with E-state index in [0.29, 0.717) is 12.5 Å². The number of ether oxygens (including phenoxy) is 3. The molecule has 172 valence electrons. The van der Waals surface area contributed by atoms with Crippen LogP contribution >= 0.6 is 0 Å². The molecule has 0 radical (unpaired) electrons. The van der Waals surface area contributed by atoms with E-state index < -0.39 is 30.3 Å². The fourth-order valence-corrected chi connectivity index (χ4v) is 2.96. The smallest absolute Gasteiger partial charge is 0.430 e. The predicted molar refractivity (Wildman–Crippen MR) is 97.4 cm³/mol. The first-order chi connectivity index (χ1) is 14.5. The summed E-state index contributed by atoms with van der Waals surface area (Å²) >= 11 is 0. The summed E-state index contributed by atoms with van der Waals surface area (Å²) in [5.41, 5.74) is -5.33. The van der Waals surface area contributed by atoms with Gasteiger partial charge in [-0.1, -0.05) is 25.5 Å². The molecule has 11 heteroatoms. The van der Waals surface area contributed by atoms with Crippen LogP contribution in [0.3, 0.4) is 0 Å². The molecule has 0 aliphatic carbocycles. The van der Waals surface area contributed by atoms with Gasteiger partial charge in [0.05, 0.1) is 12.3 Å². The van der Waals surface area contributed by atoms with Crippen molar-refractivity contribution in [3.05, 3.63) is 53.2 Å². The van der Waals surface area contributed by atoms with Gasteiger partial charge in [-0.2, -0.15) is 26.3 Å². The summed E-state index contributed by atoms with van der Waals surface area (Å²) in [4.78, 5) is 4.00. The average Bonchev–Trinajstić information content (AvgIpc) is 2.68. The molecule has 31 heavy (non-hydrogen) atoms. The summed E-state index contributed by atoms with van der Waals surface area (Å²) in [5.74, 6) is 0.0726. The topological polar surface area (TPSA) is 60.8 Å². The van der Waals surface area contributed by atoms with Crippen molar-refractivity contribution >= 4 is 0 Å². The van der Waals surface area contributed by atoms with Crippen molar-refractivity contribution in [1.29, 1.82) is 0 Å². The number of aliphatic hydroxyl groups is 1. The van der Waals surface area contributed by atoms with Gasteiger partial charge in [-0.05, 0) is 30.2 Å². The maximum atomic E-state index is 13.8. The van der Waals surface area contributed by atoms with E-state index in [-0.39, 0.29) is 35.9 Å². The van der Waals surface area contributed by atoms with Crippen molar-refractivity contribution in [2.45, 2.75) is 44.3 Å². The average molecular weight is 453 g/mol. The molecule has 0 aliphatic rings. The maximum Gasteiger partial charge on any atom is 0.430 e. The lowest BCUT2D eigenvalue weighted by Gasteiger charge is -2.37. The molecule has 1 heterocycles. The van der Waals surface area contributed by atoms with E-state index in [9.17, 15) is 26.3 Å². The van der Waals surface area contributed by atoms with Gasteiger partial charge in [0.15, 0.2) is 0 Å². The van der Waals surface area contributed by atoms with Crippen molar-refractivity contribution in [3.8, 4) is 11.6 Å². The number of pyridine rings is 1. The number of halogens is 6. The van der Waals surface area contributed by atoms with Crippen molar-refractivity contribution in [3.63, 3.8) is 0 Å². The summed E-state index contributed by atoms with van der Waals surface area (Å²) in [6.45, 7) is 0.121. The fraction of sp³-hybridized carbons (Fsp3) is 0.450. The van der Waals surface area contributed by atoms with E-state index in [1.807, 2.05) is 0 Å². The van der Waals surface area contributed by atoms with Crippen molar-refractivity contribution in [2.24, 2.45) is 0 Å². The van der Waals surface area contributed by atoms with Crippen LogP contribution in [0.15, 0.2) is 36.4 Å². The summed E-state index contributed by atoms with van der Waals surface area (Å²) in [6.07, 6.45) is -11.1. The Kier molecular flexibility index (Phi) is 7.90. The molecule has 2 aromatic rings. The second-order valence-corrected chi connectivity index (χ2v) is 6.53. The van der Waals surface area contributed by atoms with E-state index >= 15 is 0 Å². The Morgan fingerprint density at radius 3 is 2.23 bits per heavy atom. The molecule has 0 unspecified atom stereocenters. The monoisotopic (exact) mass is 453 g/mol. The highest BCUT2D eigenvalue weighted by molar-refractivity contribution is 5.43. The zero-order valence-corrected chi connectivity index (χ0v) is 16.7. The third-order valence-electron chi connectivity index (χ3n) is 4.34. The molecule has 0 saturated carbocycles. The SMILES string of the molecule is CCCc1cc(C(OCOC)(C(F)(F)F)C(F)(F)F)ccc1Oc1cccc(CO)n1. The third-order valence-corrected chi connectivity index (χ3v) is 4.34. The minimum atomic E-state index is -5.81. The lowest BCUT2D eigenvalue weighted by molar-refractivity contribution is -0.400. The van der Waals surface area contributed by atoms with Crippen LogP contribution in [0.4, 0.5) is 26.3 Å². The first kappa shape index (κ1) is 24.9. The molecule has 0 aliphatic heterocycles. The summed E-state index contributed by atoms with van der Waals surface area (Å²) < 4.78 is 96.8. The molecular weight excluding hydrogens is 432 g/mol. The molecular formula is C20H21F6NO4. The summed E-state index contributed by atoms with van der Waals surface area (Å²) in [6, 6.07) is 6.94. The van der Waals surface area contributed by atoms with E-state index in [1.54, 1.807) is 13.0 Å². The molecule has 0 bridgehead atoms. The molecule has 2 rings (SSSR count). The number of hydrogen-bond acceptors (Lipinski definition) is 5. The summed E-state index contributed by atoms with van der Waals surface area (Å²) in [5, 5.41) is 9.16. The maximum absolute atomic E-state index is 13.8. The van der Waals surface area contributed by atoms with Gasteiger partial charge < -0.3 is 19.3 Å². The van der Waals surface area contributed by atoms with Crippen LogP contribution in [0, 0.1) is 0 Å². The van der Waals surface area contributed by atoms with E-state index in [0.717, 1.165) is 19.2 Å². The van der Waals surface area contributed by atoms with E-state index in [1.165, 1.54) is 12.1 Å². The zero-order valence-electron chi connectivity index (χ0n) is 16.7. The van der Waals surface area contributed by atoms with Crippen molar-refractivity contribution < 1.29 is 45.7 Å². The number of aromatic nitrogens is 1. The molecule has 0 saturated heterocycles. The molecule has 0 spiro atoms. The minimum absolute atomic E-state index is 0.0326. The van der Waals surface area contributed by atoms with Gasteiger partial charge in [0.2, 0.25) is 5.88 Å². The van der Waals surface area contributed by atoms with Crippen molar-refractivity contribution in [2.75, 3.05) is 13.9 Å². The number of rotatable bonds is 9. The molecule has 1 N–H and O–H groups in total. The number of aliphatic hydroxyl groups excluding tert-OH is 1. The highest BCUT2D eigenvalue weighted by atomic mass is 19.4. The standard InChI is InChI=1S/C20H21F6NO4/c1-3-5-13-10-14(18(19(21,22)23,20(24,25)26)30-12-29-2)8-9-16(13)31-17-7-4-6-15(11-28)27-17/h4,6-10,28H,3,5,11-12H2,1-2H3. The first-order valence-electron chi connectivity index (χ1n) is 9.14. The minimum Gasteiger partial charge on any atom is -0.439 e. The molecule has 1 aromatic carbocycles. The second-order valence-electron chi connectivity index (χ2n) is 6.53.